The van der Waals surface area contributed by atoms with Crippen LogP contribution in [0.25, 0.3) is 5.65 Å². The Bertz CT molecular complexity index is 695. The van der Waals surface area contributed by atoms with Crippen molar-refractivity contribution in [2.45, 2.75) is 20.0 Å². The maximum atomic E-state index is 12.1. The Kier molecular flexibility index (Phi) is 4.18. The van der Waals surface area contributed by atoms with Crippen molar-refractivity contribution >= 4 is 17.5 Å². The molecule has 2 aromatic rings. The number of rotatable bonds is 4. The van der Waals surface area contributed by atoms with Crippen molar-refractivity contribution in [2.24, 2.45) is 0 Å². The Balaban J connectivity index is 2.16. The average molecular weight is 292 g/mol. The number of hydrogen-bond acceptors (Lipinski definition) is 6. The Labute approximate surface area is 120 Å². The molecule has 2 heterocycles. The number of hydrogen-bond donors (Lipinski definition) is 2. The summed E-state index contributed by atoms with van der Waals surface area (Å²) in [6.45, 7) is 3.34. The fourth-order valence-electron chi connectivity index (χ4n) is 1.89. The van der Waals surface area contributed by atoms with E-state index < -0.39 is 18.0 Å². The number of aryl methyl sites for hydroxylation is 2. The van der Waals surface area contributed by atoms with Gasteiger partial charge in [-0.25, -0.2) is 14.3 Å². The van der Waals surface area contributed by atoms with Gasteiger partial charge in [-0.2, -0.15) is 5.10 Å². The lowest BCUT2D eigenvalue weighted by molar-refractivity contribution is -0.149. The molecule has 0 saturated carbocycles. The number of nitrogens with one attached hydrogen (secondary N) is 1. The molecule has 0 radical (unpaired) electrons. The van der Waals surface area contributed by atoms with E-state index in [-0.39, 0.29) is 6.54 Å². The molecule has 21 heavy (non-hydrogen) atoms. The lowest BCUT2D eigenvalue weighted by Crippen LogP contribution is -2.37. The molecule has 2 N–H and O–H groups in total. The molecular formula is C13H16N4O4. The minimum absolute atomic E-state index is 0.235. The first-order chi connectivity index (χ1) is 9.93. The van der Waals surface area contributed by atoms with Gasteiger partial charge in [0.1, 0.15) is 0 Å². The summed E-state index contributed by atoms with van der Waals surface area (Å²) in [7, 11) is 1.16. The summed E-state index contributed by atoms with van der Waals surface area (Å²) in [5.74, 6) is -1.25. The number of aliphatic hydroxyl groups is 1. The molecule has 0 aliphatic rings. The minimum atomic E-state index is -1.40. The molecule has 8 heteroatoms. The van der Waals surface area contributed by atoms with Crippen LogP contribution in [0.4, 0.5) is 0 Å². The molecule has 0 fully saturated rings. The first-order valence-electron chi connectivity index (χ1n) is 6.30. The summed E-state index contributed by atoms with van der Waals surface area (Å²) in [5, 5.41) is 16.1. The first-order valence-corrected chi connectivity index (χ1v) is 6.30. The summed E-state index contributed by atoms with van der Waals surface area (Å²) in [4.78, 5) is 27.3. The third-order valence-corrected chi connectivity index (χ3v) is 3.02. The van der Waals surface area contributed by atoms with Crippen molar-refractivity contribution in [3.05, 3.63) is 29.2 Å². The Morgan fingerprint density at radius 3 is 2.86 bits per heavy atom. The molecule has 0 saturated heterocycles. The molecule has 112 valence electrons. The summed E-state index contributed by atoms with van der Waals surface area (Å²) in [5.41, 5.74) is 2.39. The maximum absolute atomic E-state index is 12.1. The molecule has 0 aliphatic carbocycles. The largest absolute Gasteiger partial charge is 0.467 e. The van der Waals surface area contributed by atoms with Gasteiger partial charge in [0.25, 0.3) is 5.91 Å². The van der Waals surface area contributed by atoms with Crippen LogP contribution < -0.4 is 5.32 Å². The van der Waals surface area contributed by atoms with Crippen LogP contribution in [-0.2, 0) is 9.53 Å². The first kappa shape index (κ1) is 14.9. The molecule has 0 spiro atoms. The van der Waals surface area contributed by atoms with E-state index in [9.17, 15) is 14.7 Å². The number of fused-ring (bicyclic) bond motifs is 1. The van der Waals surface area contributed by atoms with Crippen molar-refractivity contribution < 1.29 is 19.4 Å². The van der Waals surface area contributed by atoms with Crippen LogP contribution in [0.3, 0.4) is 0 Å². The zero-order valence-electron chi connectivity index (χ0n) is 12.0. The van der Waals surface area contributed by atoms with Crippen LogP contribution in [-0.4, -0.2) is 51.3 Å². The second-order valence-corrected chi connectivity index (χ2v) is 4.56. The predicted octanol–water partition coefficient (Wildman–Crippen LogP) is -0.390. The fourth-order valence-corrected chi connectivity index (χ4v) is 1.89. The quantitative estimate of drug-likeness (QED) is 0.743. The van der Waals surface area contributed by atoms with Gasteiger partial charge in [-0.3, -0.25) is 4.79 Å². The standard InChI is InChI=1S/C13H16N4O4/c1-7-4-11-14-5-9(8(2)17(11)16-7)12(19)15-6-10(18)13(20)21-3/h4-5,10,18H,6H2,1-3H3,(H,15,19). The van der Waals surface area contributed by atoms with Gasteiger partial charge < -0.3 is 15.2 Å². The van der Waals surface area contributed by atoms with Crippen molar-refractivity contribution in [3.8, 4) is 0 Å². The number of methoxy groups -OCH3 is 1. The molecule has 0 aromatic carbocycles. The Hall–Kier alpha value is -2.48. The number of carbonyl (C=O) groups excluding carboxylic acids is 2. The minimum Gasteiger partial charge on any atom is -0.467 e. The van der Waals surface area contributed by atoms with Gasteiger partial charge in [-0.1, -0.05) is 0 Å². The number of esters is 1. The third kappa shape index (κ3) is 3.00. The van der Waals surface area contributed by atoms with Crippen LogP contribution >= 0.6 is 0 Å². The van der Waals surface area contributed by atoms with Crippen molar-refractivity contribution in [1.29, 1.82) is 0 Å². The molecule has 1 atom stereocenters. The summed E-state index contributed by atoms with van der Waals surface area (Å²) in [6.07, 6.45) is 0.0361. The second kappa shape index (κ2) is 5.88. The van der Waals surface area contributed by atoms with E-state index in [0.29, 0.717) is 16.9 Å². The highest BCUT2D eigenvalue weighted by Crippen LogP contribution is 2.10. The van der Waals surface area contributed by atoms with Crippen molar-refractivity contribution in [1.82, 2.24) is 19.9 Å². The number of aromatic nitrogens is 3. The maximum Gasteiger partial charge on any atom is 0.336 e. The van der Waals surface area contributed by atoms with E-state index in [1.165, 1.54) is 6.20 Å². The van der Waals surface area contributed by atoms with Crippen LogP contribution in [0, 0.1) is 13.8 Å². The van der Waals surface area contributed by atoms with E-state index >= 15 is 0 Å². The number of carbonyl (C=O) groups is 2. The lowest BCUT2D eigenvalue weighted by Gasteiger charge is -2.11. The lowest BCUT2D eigenvalue weighted by atomic mass is 10.2. The van der Waals surface area contributed by atoms with Gasteiger partial charge >= 0.3 is 5.97 Å². The molecule has 2 rings (SSSR count). The fraction of sp³-hybridized carbons (Fsp3) is 0.385. The molecular weight excluding hydrogens is 276 g/mol. The smallest absolute Gasteiger partial charge is 0.336 e. The van der Waals surface area contributed by atoms with Gasteiger partial charge in [-0.05, 0) is 13.8 Å². The van der Waals surface area contributed by atoms with Crippen LogP contribution in [0.1, 0.15) is 21.7 Å². The van der Waals surface area contributed by atoms with E-state index in [1.807, 2.05) is 6.92 Å². The highest BCUT2D eigenvalue weighted by molar-refractivity contribution is 5.95. The molecule has 1 unspecified atom stereocenters. The van der Waals surface area contributed by atoms with Gasteiger partial charge in [0.05, 0.1) is 30.6 Å². The summed E-state index contributed by atoms with van der Waals surface area (Å²) >= 11 is 0. The molecule has 1 amide bonds. The second-order valence-electron chi connectivity index (χ2n) is 4.56. The van der Waals surface area contributed by atoms with E-state index in [1.54, 1.807) is 17.5 Å². The van der Waals surface area contributed by atoms with Crippen LogP contribution in [0.15, 0.2) is 12.3 Å². The van der Waals surface area contributed by atoms with Gasteiger partial charge in [0.15, 0.2) is 11.8 Å². The van der Waals surface area contributed by atoms with Crippen LogP contribution in [0.5, 0.6) is 0 Å². The Morgan fingerprint density at radius 1 is 1.48 bits per heavy atom. The van der Waals surface area contributed by atoms with Gasteiger partial charge in [0, 0.05) is 12.3 Å². The van der Waals surface area contributed by atoms with Crippen LogP contribution in [0.2, 0.25) is 0 Å². The van der Waals surface area contributed by atoms with E-state index in [2.05, 4.69) is 20.1 Å². The monoisotopic (exact) mass is 292 g/mol. The molecule has 8 nitrogen and oxygen atoms in total. The van der Waals surface area contributed by atoms with Gasteiger partial charge in [0.2, 0.25) is 0 Å². The summed E-state index contributed by atoms with van der Waals surface area (Å²) in [6, 6.07) is 1.80. The molecule has 0 aliphatic heterocycles. The van der Waals surface area contributed by atoms with E-state index in [0.717, 1.165) is 12.8 Å². The number of nitrogens with zero attached hydrogens (tertiary/aromatic N) is 3. The molecule has 2 aromatic heterocycles. The van der Waals surface area contributed by atoms with E-state index in [4.69, 9.17) is 0 Å². The van der Waals surface area contributed by atoms with Crippen molar-refractivity contribution in [2.75, 3.05) is 13.7 Å². The summed E-state index contributed by atoms with van der Waals surface area (Å²) < 4.78 is 5.94. The number of aliphatic hydroxyl groups excluding tert-OH is 1. The normalized spacial score (nSPS) is 12.2. The topological polar surface area (TPSA) is 106 Å². The Morgan fingerprint density at radius 2 is 2.19 bits per heavy atom. The zero-order valence-corrected chi connectivity index (χ0v) is 12.0. The SMILES string of the molecule is COC(=O)C(O)CNC(=O)c1cnc2cc(C)nn2c1C. The third-order valence-electron chi connectivity index (χ3n) is 3.02. The highest BCUT2D eigenvalue weighted by atomic mass is 16.5. The van der Waals surface area contributed by atoms with Gasteiger partial charge in [-0.15, -0.1) is 0 Å². The van der Waals surface area contributed by atoms with Crippen molar-refractivity contribution in [3.63, 3.8) is 0 Å². The number of amides is 1. The predicted molar refractivity (Wildman–Crippen MR) is 72.8 cm³/mol. The highest BCUT2D eigenvalue weighted by Gasteiger charge is 2.18. The average Bonchev–Trinajstić information content (AvgIpc) is 2.85. The number of ether oxygens (including phenoxy) is 1. The molecule has 0 bridgehead atoms. The zero-order chi connectivity index (χ0) is 15.6.